The summed E-state index contributed by atoms with van der Waals surface area (Å²) >= 11 is 0. The van der Waals surface area contributed by atoms with Gasteiger partial charge < -0.3 is 16.0 Å². The van der Waals surface area contributed by atoms with Crippen LogP contribution in [0.4, 0.5) is 0 Å². The van der Waals surface area contributed by atoms with E-state index in [1.165, 1.54) is 0 Å². The van der Waals surface area contributed by atoms with E-state index < -0.39 is 0 Å². The number of nitrogens with zero attached hydrogens (tertiary/aromatic N) is 4. The zero-order chi connectivity index (χ0) is 15.8. The summed E-state index contributed by atoms with van der Waals surface area (Å²) in [7, 11) is 0. The Hall–Kier alpha value is -2.48. The van der Waals surface area contributed by atoms with E-state index in [-0.39, 0.29) is 18.5 Å². The summed E-state index contributed by atoms with van der Waals surface area (Å²) in [6.07, 6.45) is 7.44. The van der Waals surface area contributed by atoms with E-state index >= 15 is 0 Å². The predicted molar refractivity (Wildman–Crippen MR) is 84.8 cm³/mol. The molecule has 1 aliphatic carbocycles. The van der Waals surface area contributed by atoms with Crippen LogP contribution in [0.5, 0.6) is 0 Å². The number of aromatic nitrogens is 5. The molecule has 4 rings (SSSR count). The van der Waals surface area contributed by atoms with Gasteiger partial charge in [-0.15, -0.1) is 10.2 Å². The van der Waals surface area contributed by atoms with Crippen molar-refractivity contribution in [2.45, 2.75) is 37.6 Å². The summed E-state index contributed by atoms with van der Waals surface area (Å²) < 4.78 is 2.09. The second-order valence-electron chi connectivity index (χ2n) is 6.04. The second-order valence-corrected chi connectivity index (χ2v) is 6.04. The Balaban J connectivity index is 1.59. The Kier molecular flexibility index (Phi) is 3.45. The molecule has 8 nitrogen and oxygen atoms in total. The van der Waals surface area contributed by atoms with Gasteiger partial charge in [-0.05, 0) is 31.7 Å². The molecule has 3 heterocycles. The van der Waals surface area contributed by atoms with E-state index in [1.54, 1.807) is 6.20 Å². The van der Waals surface area contributed by atoms with Gasteiger partial charge in [0.25, 0.3) is 0 Å². The van der Waals surface area contributed by atoms with E-state index in [0.717, 1.165) is 48.3 Å². The average Bonchev–Trinajstić information content (AvgIpc) is 3.21. The fraction of sp³-hybridized carbons (Fsp3) is 0.467. The third kappa shape index (κ3) is 2.44. The summed E-state index contributed by atoms with van der Waals surface area (Å²) in [5, 5.41) is 11.6. The van der Waals surface area contributed by atoms with E-state index in [2.05, 4.69) is 29.9 Å². The number of H-pyrrole nitrogens is 1. The van der Waals surface area contributed by atoms with Crippen molar-refractivity contribution in [1.29, 1.82) is 0 Å². The summed E-state index contributed by atoms with van der Waals surface area (Å²) in [5.41, 5.74) is 7.96. The molecule has 0 radical (unpaired) electrons. The molecule has 0 unspecified atom stereocenters. The van der Waals surface area contributed by atoms with Gasteiger partial charge in [0.05, 0.1) is 18.3 Å². The first-order valence-electron chi connectivity index (χ1n) is 7.93. The molecule has 23 heavy (non-hydrogen) atoms. The standard InChI is InChI=1S/C15H19N7O/c16-7-13(23)19-10-3-1-9(2-4-10)15-21-20-12-8-18-14-11(22(12)15)5-6-17-14/h5-6,8-10,17H,1-4,7,16H2,(H,19,23)/t9-,10-. The van der Waals surface area contributed by atoms with Gasteiger partial charge in [0.1, 0.15) is 5.82 Å². The van der Waals surface area contributed by atoms with Crippen molar-refractivity contribution in [1.82, 2.24) is 29.9 Å². The number of nitrogens with two attached hydrogens (primary N) is 1. The monoisotopic (exact) mass is 313 g/mol. The van der Waals surface area contributed by atoms with Crippen molar-refractivity contribution in [2.24, 2.45) is 5.73 Å². The van der Waals surface area contributed by atoms with Crippen LogP contribution in [-0.4, -0.2) is 43.1 Å². The minimum atomic E-state index is -0.0820. The molecule has 4 N–H and O–H groups in total. The lowest BCUT2D eigenvalue weighted by atomic mass is 9.85. The van der Waals surface area contributed by atoms with Gasteiger partial charge in [0.15, 0.2) is 11.3 Å². The van der Waals surface area contributed by atoms with Crippen molar-refractivity contribution in [3.63, 3.8) is 0 Å². The molecule has 3 aromatic heterocycles. The maximum Gasteiger partial charge on any atom is 0.233 e. The zero-order valence-electron chi connectivity index (χ0n) is 12.7. The summed E-state index contributed by atoms with van der Waals surface area (Å²) in [6, 6.07) is 2.21. The molecular weight excluding hydrogens is 294 g/mol. The Bertz CT molecular complexity index is 844. The van der Waals surface area contributed by atoms with Gasteiger partial charge in [-0.3, -0.25) is 9.20 Å². The van der Waals surface area contributed by atoms with Crippen LogP contribution in [0.2, 0.25) is 0 Å². The van der Waals surface area contributed by atoms with Crippen LogP contribution in [0.15, 0.2) is 18.5 Å². The molecule has 0 aromatic carbocycles. The first-order chi connectivity index (χ1) is 11.3. The minimum absolute atomic E-state index is 0.0488. The third-order valence-corrected chi connectivity index (χ3v) is 4.61. The van der Waals surface area contributed by atoms with Crippen molar-refractivity contribution in [3.8, 4) is 0 Å². The number of rotatable bonds is 3. The van der Waals surface area contributed by atoms with Crippen molar-refractivity contribution < 1.29 is 4.79 Å². The Morgan fingerprint density at radius 3 is 2.96 bits per heavy atom. The van der Waals surface area contributed by atoms with Crippen molar-refractivity contribution in [3.05, 3.63) is 24.3 Å². The lowest BCUT2D eigenvalue weighted by Crippen LogP contribution is -2.40. The average molecular weight is 313 g/mol. The first kappa shape index (κ1) is 14.1. The maximum absolute atomic E-state index is 11.4. The van der Waals surface area contributed by atoms with Crippen molar-refractivity contribution in [2.75, 3.05) is 6.54 Å². The fourth-order valence-corrected chi connectivity index (χ4v) is 3.44. The number of hydrogen-bond donors (Lipinski definition) is 3. The van der Waals surface area contributed by atoms with Crippen molar-refractivity contribution >= 4 is 22.7 Å². The molecule has 3 aromatic rings. The van der Waals surface area contributed by atoms with Gasteiger partial charge in [-0.2, -0.15) is 0 Å². The number of carbonyl (C=O) groups is 1. The highest BCUT2D eigenvalue weighted by Gasteiger charge is 2.27. The molecule has 1 aliphatic rings. The number of aromatic amines is 1. The summed E-state index contributed by atoms with van der Waals surface area (Å²) in [5.74, 6) is 1.24. The molecule has 0 aliphatic heterocycles. The van der Waals surface area contributed by atoms with E-state index in [9.17, 15) is 4.79 Å². The Morgan fingerprint density at radius 2 is 2.17 bits per heavy atom. The molecule has 1 fully saturated rings. The lowest BCUT2D eigenvalue weighted by Gasteiger charge is -2.28. The van der Waals surface area contributed by atoms with Crippen LogP contribution >= 0.6 is 0 Å². The molecule has 1 saturated carbocycles. The van der Waals surface area contributed by atoms with Crippen LogP contribution in [0.1, 0.15) is 37.4 Å². The van der Waals surface area contributed by atoms with Crippen LogP contribution in [0.3, 0.4) is 0 Å². The van der Waals surface area contributed by atoms with Crippen LogP contribution < -0.4 is 11.1 Å². The molecule has 0 saturated heterocycles. The van der Waals surface area contributed by atoms with Crippen LogP contribution in [0.25, 0.3) is 16.8 Å². The second kappa shape index (κ2) is 5.62. The third-order valence-electron chi connectivity index (χ3n) is 4.61. The normalized spacial score (nSPS) is 21.8. The number of fused-ring (bicyclic) bond motifs is 3. The smallest absolute Gasteiger partial charge is 0.233 e. The zero-order valence-corrected chi connectivity index (χ0v) is 12.7. The van der Waals surface area contributed by atoms with Gasteiger partial charge in [-0.25, -0.2) is 4.98 Å². The molecule has 1 amide bonds. The summed E-state index contributed by atoms with van der Waals surface area (Å²) in [4.78, 5) is 18.9. The Labute approximate surface area is 132 Å². The highest BCUT2D eigenvalue weighted by molar-refractivity contribution is 5.78. The van der Waals surface area contributed by atoms with Crippen LogP contribution in [0, 0.1) is 0 Å². The number of nitrogens with one attached hydrogen (secondary N) is 2. The summed E-state index contributed by atoms with van der Waals surface area (Å²) in [6.45, 7) is 0.0488. The molecule has 0 spiro atoms. The number of carbonyl (C=O) groups excluding carboxylic acids is 1. The van der Waals surface area contributed by atoms with E-state index in [1.807, 2.05) is 12.3 Å². The Morgan fingerprint density at radius 1 is 1.35 bits per heavy atom. The maximum atomic E-state index is 11.4. The minimum Gasteiger partial charge on any atom is -0.352 e. The van der Waals surface area contributed by atoms with Gasteiger partial charge in [-0.1, -0.05) is 0 Å². The predicted octanol–water partition coefficient (Wildman–Crippen LogP) is 0.707. The molecule has 0 atom stereocenters. The molecule has 8 heteroatoms. The quantitative estimate of drug-likeness (QED) is 0.659. The van der Waals surface area contributed by atoms with E-state index in [0.29, 0.717) is 5.92 Å². The molecule has 0 bridgehead atoms. The number of amides is 1. The highest BCUT2D eigenvalue weighted by atomic mass is 16.1. The fourth-order valence-electron chi connectivity index (χ4n) is 3.44. The van der Waals surface area contributed by atoms with Gasteiger partial charge in [0, 0.05) is 18.2 Å². The first-order valence-corrected chi connectivity index (χ1v) is 7.93. The number of hydrogen-bond acceptors (Lipinski definition) is 5. The van der Waals surface area contributed by atoms with Gasteiger partial charge >= 0.3 is 0 Å². The molecule has 120 valence electrons. The van der Waals surface area contributed by atoms with Crippen LogP contribution in [-0.2, 0) is 4.79 Å². The molecular formula is C15H19N7O. The lowest BCUT2D eigenvalue weighted by molar-refractivity contribution is -0.120. The van der Waals surface area contributed by atoms with Gasteiger partial charge in [0.2, 0.25) is 5.91 Å². The SMILES string of the molecule is NCC(=O)N[C@H]1CC[C@H](c2nnc3cnc4[nH]ccc4n32)CC1. The highest BCUT2D eigenvalue weighted by Crippen LogP contribution is 2.33. The largest absolute Gasteiger partial charge is 0.352 e. The van der Waals surface area contributed by atoms with E-state index in [4.69, 9.17) is 5.73 Å². The topological polar surface area (TPSA) is 114 Å².